The summed E-state index contributed by atoms with van der Waals surface area (Å²) in [5.74, 6) is 1.70. The molecule has 1 amide bonds. The Kier molecular flexibility index (Phi) is 5.48. The van der Waals surface area contributed by atoms with Crippen LogP contribution < -0.4 is 10.3 Å². The van der Waals surface area contributed by atoms with E-state index in [1.54, 1.807) is 0 Å². The number of carbonyl (C=O) groups excluding carboxylic acids is 1. The lowest BCUT2D eigenvalue weighted by molar-refractivity contribution is -0.115. The third kappa shape index (κ3) is 4.08. The van der Waals surface area contributed by atoms with E-state index in [1.165, 1.54) is 6.42 Å². The van der Waals surface area contributed by atoms with Gasteiger partial charge in [-0.2, -0.15) is 5.10 Å². The van der Waals surface area contributed by atoms with Crippen molar-refractivity contribution < 1.29 is 4.79 Å². The third-order valence-electron chi connectivity index (χ3n) is 5.97. The number of hydrazone groups is 1. The summed E-state index contributed by atoms with van der Waals surface area (Å²) < 4.78 is 2.16. The monoisotopic (exact) mass is 414 g/mol. The maximum absolute atomic E-state index is 13.0. The minimum atomic E-state index is -0.148. The highest BCUT2D eigenvalue weighted by molar-refractivity contribution is 6.39. The van der Waals surface area contributed by atoms with E-state index in [9.17, 15) is 4.79 Å². The molecule has 0 spiro atoms. The van der Waals surface area contributed by atoms with Gasteiger partial charge in [-0.25, -0.2) is 0 Å². The number of aryl methyl sites for hydroxylation is 1. The number of carbonyl (C=O) groups is 1. The van der Waals surface area contributed by atoms with Gasteiger partial charge in [-0.05, 0) is 30.5 Å². The zero-order valence-corrected chi connectivity index (χ0v) is 17.4. The van der Waals surface area contributed by atoms with Gasteiger partial charge >= 0.3 is 0 Å². The average Bonchev–Trinajstić information content (AvgIpc) is 3.36. The molecule has 1 aromatic heterocycles. The van der Waals surface area contributed by atoms with E-state index in [4.69, 9.17) is 5.10 Å². The van der Waals surface area contributed by atoms with Crippen LogP contribution >= 0.6 is 0 Å². The highest BCUT2D eigenvalue weighted by atomic mass is 16.2. The molecule has 7 nitrogen and oxygen atoms in total. The molecule has 5 rings (SSSR count). The molecule has 3 aromatic rings. The van der Waals surface area contributed by atoms with Crippen molar-refractivity contribution in [2.45, 2.75) is 51.2 Å². The lowest BCUT2D eigenvalue weighted by atomic mass is 10.0. The summed E-state index contributed by atoms with van der Waals surface area (Å²) in [6, 6.07) is 20.2. The van der Waals surface area contributed by atoms with Crippen LogP contribution in [-0.4, -0.2) is 26.4 Å². The lowest BCUT2D eigenvalue weighted by Gasteiger charge is -2.23. The van der Waals surface area contributed by atoms with Crippen molar-refractivity contribution in [3.8, 4) is 0 Å². The predicted molar refractivity (Wildman–Crippen MR) is 120 cm³/mol. The zero-order valence-electron chi connectivity index (χ0n) is 17.4. The van der Waals surface area contributed by atoms with Crippen LogP contribution in [-0.2, 0) is 24.3 Å². The number of rotatable bonds is 5. The van der Waals surface area contributed by atoms with E-state index in [1.807, 2.05) is 53.5 Å². The van der Waals surface area contributed by atoms with Crippen LogP contribution in [0.25, 0.3) is 0 Å². The lowest BCUT2D eigenvalue weighted by Crippen LogP contribution is -2.31. The standard InChI is InChI=1S/C24H26N6O/c31-24(25-17-23-27-26-22-14-8-3-9-15-29(22)23)20-16-21(18-10-4-1-5-11-18)30(28-20)19-12-6-2-7-13-19/h1-2,4-7,10-13,21H,3,8-9,14-17H2,(H,25,31). The summed E-state index contributed by atoms with van der Waals surface area (Å²) in [6.07, 6.45) is 5.00. The summed E-state index contributed by atoms with van der Waals surface area (Å²) in [4.78, 5) is 13.0. The topological polar surface area (TPSA) is 75.4 Å². The number of para-hydroxylation sites is 1. The molecule has 0 fully saturated rings. The quantitative estimate of drug-likeness (QED) is 0.692. The van der Waals surface area contributed by atoms with Crippen LogP contribution in [0.1, 0.15) is 48.9 Å². The molecule has 1 atom stereocenters. The molecule has 2 aliphatic heterocycles. The fourth-order valence-corrected chi connectivity index (χ4v) is 4.34. The number of hydrogen-bond donors (Lipinski definition) is 1. The number of fused-ring (bicyclic) bond motifs is 1. The van der Waals surface area contributed by atoms with E-state index < -0.39 is 0 Å². The fraction of sp³-hybridized carbons (Fsp3) is 0.333. The van der Waals surface area contributed by atoms with E-state index >= 15 is 0 Å². The highest BCUT2D eigenvalue weighted by Gasteiger charge is 2.32. The van der Waals surface area contributed by atoms with Crippen LogP contribution in [0.5, 0.6) is 0 Å². The molecule has 0 aliphatic carbocycles. The second-order valence-corrected chi connectivity index (χ2v) is 8.03. The Hall–Kier alpha value is -3.48. The van der Waals surface area contributed by atoms with E-state index in [-0.39, 0.29) is 11.9 Å². The van der Waals surface area contributed by atoms with Gasteiger partial charge in [0.25, 0.3) is 5.91 Å². The van der Waals surface area contributed by atoms with Crippen molar-refractivity contribution in [3.05, 3.63) is 77.9 Å². The van der Waals surface area contributed by atoms with E-state index in [2.05, 4.69) is 32.2 Å². The van der Waals surface area contributed by atoms with Crippen molar-refractivity contribution in [1.29, 1.82) is 0 Å². The Balaban J connectivity index is 1.33. The normalized spacial score (nSPS) is 18.3. The Morgan fingerprint density at radius 2 is 1.74 bits per heavy atom. The number of aromatic nitrogens is 3. The summed E-state index contributed by atoms with van der Waals surface area (Å²) >= 11 is 0. The van der Waals surface area contributed by atoms with Gasteiger partial charge in [0.1, 0.15) is 11.5 Å². The summed E-state index contributed by atoms with van der Waals surface area (Å²) in [5.41, 5.74) is 2.65. The Morgan fingerprint density at radius 3 is 2.55 bits per heavy atom. The maximum Gasteiger partial charge on any atom is 0.267 e. The largest absolute Gasteiger partial charge is 0.344 e. The first-order valence-electron chi connectivity index (χ1n) is 11.0. The number of amides is 1. The molecule has 31 heavy (non-hydrogen) atoms. The smallest absolute Gasteiger partial charge is 0.267 e. The number of hydrogen-bond acceptors (Lipinski definition) is 5. The number of benzene rings is 2. The van der Waals surface area contributed by atoms with Gasteiger partial charge < -0.3 is 9.88 Å². The predicted octanol–water partition coefficient (Wildman–Crippen LogP) is 3.63. The molecular formula is C24H26N6O. The second-order valence-electron chi connectivity index (χ2n) is 8.03. The fourth-order valence-electron chi connectivity index (χ4n) is 4.34. The third-order valence-corrected chi connectivity index (χ3v) is 5.97. The minimum Gasteiger partial charge on any atom is -0.344 e. The van der Waals surface area contributed by atoms with Crippen LogP contribution in [0.3, 0.4) is 0 Å². The van der Waals surface area contributed by atoms with Crippen LogP contribution in [0.4, 0.5) is 5.69 Å². The van der Waals surface area contributed by atoms with Gasteiger partial charge in [-0.3, -0.25) is 9.80 Å². The molecular weight excluding hydrogens is 388 g/mol. The molecule has 0 bridgehead atoms. The van der Waals surface area contributed by atoms with E-state index in [0.717, 1.165) is 48.7 Å². The molecule has 7 heteroatoms. The van der Waals surface area contributed by atoms with Crippen molar-refractivity contribution in [2.75, 3.05) is 5.01 Å². The second kappa shape index (κ2) is 8.71. The average molecular weight is 415 g/mol. The van der Waals surface area contributed by atoms with Crippen molar-refractivity contribution >= 4 is 17.3 Å². The maximum atomic E-state index is 13.0. The van der Waals surface area contributed by atoms with Gasteiger partial charge in [-0.15, -0.1) is 10.2 Å². The van der Waals surface area contributed by atoms with Crippen LogP contribution in [0.15, 0.2) is 65.8 Å². The first-order valence-corrected chi connectivity index (χ1v) is 11.0. The molecule has 158 valence electrons. The summed E-state index contributed by atoms with van der Waals surface area (Å²) in [5, 5.41) is 18.3. The molecule has 0 saturated heterocycles. The first kappa shape index (κ1) is 19.5. The Labute approximate surface area is 181 Å². The summed E-state index contributed by atoms with van der Waals surface area (Å²) in [6.45, 7) is 1.29. The van der Waals surface area contributed by atoms with Crippen LogP contribution in [0, 0.1) is 0 Å². The number of nitrogens with one attached hydrogen (secondary N) is 1. The highest BCUT2D eigenvalue weighted by Crippen LogP contribution is 2.35. The molecule has 1 N–H and O–H groups in total. The Bertz CT molecular complexity index is 1080. The minimum absolute atomic E-state index is 0.00582. The first-order chi connectivity index (χ1) is 15.3. The van der Waals surface area contributed by atoms with Gasteiger partial charge in [0.15, 0.2) is 5.82 Å². The van der Waals surface area contributed by atoms with Gasteiger partial charge in [0, 0.05) is 19.4 Å². The SMILES string of the molecule is O=C(NCc1nnc2n1CCCCC2)C1=NN(c2ccccc2)C(c2ccccc2)C1. The molecule has 0 saturated carbocycles. The van der Waals surface area contributed by atoms with Gasteiger partial charge in [0.2, 0.25) is 0 Å². The summed E-state index contributed by atoms with van der Waals surface area (Å²) in [7, 11) is 0. The van der Waals surface area contributed by atoms with Crippen molar-refractivity contribution in [3.63, 3.8) is 0 Å². The van der Waals surface area contributed by atoms with Crippen LogP contribution in [0.2, 0.25) is 0 Å². The van der Waals surface area contributed by atoms with Gasteiger partial charge in [0.05, 0.1) is 18.3 Å². The molecule has 2 aliphatic rings. The van der Waals surface area contributed by atoms with E-state index in [0.29, 0.717) is 18.7 Å². The van der Waals surface area contributed by atoms with Crippen molar-refractivity contribution in [2.24, 2.45) is 5.10 Å². The number of nitrogens with zero attached hydrogens (tertiary/aromatic N) is 5. The number of anilines is 1. The van der Waals surface area contributed by atoms with Crippen molar-refractivity contribution in [1.82, 2.24) is 20.1 Å². The molecule has 1 unspecified atom stereocenters. The zero-order chi connectivity index (χ0) is 21.0. The Morgan fingerprint density at radius 1 is 0.968 bits per heavy atom. The van der Waals surface area contributed by atoms with Gasteiger partial charge in [-0.1, -0.05) is 55.0 Å². The molecule has 2 aromatic carbocycles. The molecule has 3 heterocycles. The molecule has 0 radical (unpaired) electrons.